The monoisotopic (exact) mass is 387 g/mol. The summed E-state index contributed by atoms with van der Waals surface area (Å²) in [6, 6.07) is 4.46. The van der Waals surface area contributed by atoms with Gasteiger partial charge in [-0.05, 0) is 44.0 Å². The van der Waals surface area contributed by atoms with Crippen LogP contribution in [-0.2, 0) is 4.84 Å². The Morgan fingerprint density at radius 2 is 2.25 bits per heavy atom. The Balaban J connectivity index is 1.64. The van der Waals surface area contributed by atoms with Crippen molar-refractivity contribution < 1.29 is 18.4 Å². The first-order chi connectivity index (χ1) is 13.6. The van der Waals surface area contributed by atoms with Crippen molar-refractivity contribution in [2.24, 2.45) is 0 Å². The number of hydroxylamine groups is 2. The van der Waals surface area contributed by atoms with Crippen LogP contribution in [0.2, 0.25) is 0 Å². The van der Waals surface area contributed by atoms with E-state index in [4.69, 9.17) is 4.84 Å². The second-order valence-corrected chi connectivity index (χ2v) is 6.49. The second-order valence-electron chi connectivity index (χ2n) is 6.49. The molecular formula is C19H19F2N5O2. The lowest BCUT2D eigenvalue weighted by Crippen LogP contribution is -2.28. The number of carbonyl (C=O) groups excluding carboxylic acids is 1. The summed E-state index contributed by atoms with van der Waals surface area (Å²) < 4.78 is 29.3. The Bertz CT molecular complexity index is 1020. The molecule has 3 heterocycles. The molecule has 0 aliphatic carbocycles. The normalized spacial score (nSPS) is 17.2. The predicted molar refractivity (Wildman–Crippen MR) is 97.6 cm³/mol. The highest BCUT2D eigenvalue weighted by Gasteiger charge is 2.33. The molecule has 0 saturated carbocycles. The number of rotatable bonds is 5. The van der Waals surface area contributed by atoms with Gasteiger partial charge in [0, 0.05) is 31.0 Å². The molecule has 0 unspecified atom stereocenters. The zero-order chi connectivity index (χ0) is 19.7. The number of benzene rings is 1. The molecule has 1 fully saturated rings. The first kappa shape index (κ1) is 18.3. The summed E-state index contributed by atoms with van der Waals surface area (Å²) in [4.78, 5) is 22.7. The van der Waals surface area contributed by atoms with E-state index in [1.165, 1.54) is 9.58 Å². The van der Waals surface area contributed by atoms with Crippen molar-refractivity contribution in [3.8, 4) is 0 Å². The summed E-state index contributed by atoms with van der Waals surface area (Å²) in [5.74, 6) is -1.34. The van der Waals surface area contributed by atoms with Crippen LogP contribution in [0.15, 0.2) is 36.7 Å². The van der Waals surface area contributed by atoms with E-state index >= 15 is 0 Å². The molecule has 0 amide bonds. The molecule has 7 nitrogen and oxygen atoms in total. The van der Waals surface area contributed by atoms with Crippen LogP contribution in [0.4, 0.5) is 14.6 Å². The van der Waals surface area contributed by atoms with E-state index in [2.05, 4.69) is 15.4 Å². The van der Waals surface area contributed by atoms with Gasteiger partial charge in [0.05, 0.1) is 6.04 Å². The largest absolute Gasteiger partial charge is 0.368 e. The zero-order valence-electron chi connectivity index (χ0n) is 15.2. The lowest BCUT2D eigenvalue weighted by Gasteiger charge is -2.23. The second kappa shape index (κ2) is 7.51. The SMILES string of the molecule is CCNc1nn2cccnc2c1C(=O)ON1CCC[C@@H]1c1cc(F)ccc1F. The number of nitrogens with zero attached hydrogens (tertiary/aromatic N) is 4. The van der Waals surface area contributed by atoms with Crippen LogP contribution in [0.5, 0.6) is 0 Å². The standard InChI is InChI=1S/C19H19F2N5O2/c1-2-22-17-16(18-23-8-4-9-25(18)24-17)19(27)28-26-10-3-5-15(26)13-11-12(20)6-7-14(13)21/h4,6-9,11,15H,2-3,5,10H2,1H3,(H,22,24)/t15-/m1/s1. The highest BCUT2D eigenvalue weighted by molar-refractivity contribution is 6.01. The number of fused-ring (bicyclic) bond motifs is 1. The minimum absolute atomic E-state index is 0.176. The number of halogens is 2. The Morgan fingerprint density at radius 3 is 3.07 bits per heavy atom. The van der Waals surface area contributed by atoms with E-state index in [1.807, 2.05) is 6.92 Å². The van der Waals surface area contributed by atoms with E-state index < -0.39 is 23.6 Å². The molecule has 4 rings (SSSR count). The molecule has 28 heavy (non-hydrogen) atoms. The van der Waals surface area contributed by atoms with Crippen molar-refractivity contribution in [1.82, 2.24) is 19.7 Å². The molecule has 1 aromatic carbocycles. The first-order valence-corrected chi connectivity index (χ1v) is 9.09. The average molecular weight is 387 g/mol. The van der Waals surface area contributed by atoms with Crippen molar-refractivity contribution in [2.45, 2.75) is 25.8 Å². The molecule has 1 saturated heterocycles. The number of anilines is 1. The number of hydrogen-bond donors (Lipinski definition) is 1. The molecule has 1 aliphatic heterocycles. The molecule has 3 aromatic rings. The maximum absolute atomic E-state index is 14.2. The number of nitrogens with one attached hydrogen (secondary N) is 1. The Hall–Kier alpha value is -3.07. The van der Waals surface area contributed by atoms with Gasteiger partial charge in [-0.3, -0.25) is 0 Å². The molecule has 146 valence electrons. The maximum atomic E-state index is 14.2. The third-order valence-electron chi connectivity index (χ3n) is 4.66. The Labute approximate surface area is 159 Å². The first-order valence-electron chi connectivity index (χ1n) is 9.09. The van der Waals surface area contributed by atoms with Crippen LogP contribution in [0, 0.1) is 11.6 Å². The van der Waals surface area contributed by atoms with Crippen LogP contribution < -0.4 is 5.32 Å². The van der Waals surface area contributed by atoms with Gasteiger partial charge in [-0.2, -0.15) is 0 Å². The van der Waals surface area contributed by atoms with Gasteiger partial charge >= 0.3 is 5.97 Å². The number of carbonyl (C=O) groups is 1. The van der Waals surface area contributed by atoms with Crippen LogP contribution in [0.3, 0.4) is 0 Å². The fourth-order valence-corrected chi connectivity index (χ4v) is 3.45. The summed E-state index contributed by atoms with van der Waals surface area (Å²) >= 11 is 0. The van der Waals surface area contributed by atoms with Gasteiger partial charge < -0.3 is 10.2 Å². The molecule has 2 aromatic heterocycles. The van der Waals surface area contributed by atoms with E-state index in [0.717, 1.165) is 18.2 Å². The minimum Gasteiger partial charge on any atom is -0.368 e. The van der Waals surface area contributed by atoms with Crippen LogP contribution in [0.1, 0.15) is 41.7 Å². The van der Waals surface area contributed by atoms with Crippen LogP contribution in [-0.4, -0.2) is 38.7 Å². The molecule has 1 aliphatic rings. The van der Waals surface area contributed by atoms with Crippen molar-refractivity contribution in [2.75, 3.05) is 18.4 Å². The molecule has 1 N–H and O–H groups in total. The van der Waals surface area contributed by atoms with E-state index in [-0.39, 0.29) is 11.1 Å². The Kier molecular flexibility index (Phi) is 4.91. The minimum atomic E-state index is -0.645. The fraction of sp³-hybridized carbons (Fsp3) is 0.316. The van der Waals surface area contributed by atoms with Crippen LogP contribution in [0.25, 0.3) is 5.65 Å². The number of aromatic nitrogens is 3. The van der Waals surface area contributed by atoms with Gasteiger partial charge in [0.25, 0.3) is 0 Å². The highest BCUT2D eigenvalue weighted by Crippen LogP contribution is 2.34. The van der Waals surface area contributed by atoms with Gasteiger partial charge in [-0.1, -0.05) is 0 Å². The van der Waals surface area contributed by atoms with E-state index in [0.29, 0.717) is 37.4 Å². The molecule has 0 bridgehead atoms. The number of hydrogen-bond acceptors (Lipinski definition) is 6. The molecule has 0 spiro atoms. The quantitative estimate of drug-likeness (QED) is 0.724. The average Bonchev–Trinajstić information content (AvgIpc) is 3.28. The maximum Gasteiger partial charge on any atom is 0.364 e. The molecule has 1 atom stereocenters. The fourth-order valence-electron chi connectivity index (χ4n) is 3.45. The Morgan fingerprint density at radius 1 is 1.39 bits per heavy atom. The van der Waals surface area contributed by atoms with Crippen molar-refractivity contribution in [3.05, 3.63) is 59.4 Å². The predicted octanol–water partition coefficient (Wildman–Crippen LogP) is 3.35. The summed E-state index contributed by atoms with van der Waals surface area (Å²) in [6.45, 7) is 2.87. The van der Waals surface area contributed by atoms with Gasteiger partial charge in [0.15, 0.2) is 17.0 Å². The van der Waals surface area contributed by atoms with Crippen molar-refractivity contribution in [3.63, 3.8) is 0 Å². The van der Waals surface area contributed by atoms with Gasteiger partial charge in [-0.25, -0.2) is 23.1 Å². The third kappa shape index (κ3) is 3.29. The van der Waals surface area contributed by atoms with Gasteiger partial charge in [0.2, 0.25) is 0 Å². The lowest BCUT2D eigenvalue weighted by molar-refractivity contribution is -0.120. The lowest BCUT2D eigenvalue weighted by atomic mass is 10.0. The molecule has 0 radical (unpaired) electrons. The molecule has 9 heteroatoms. The van der Waals surface area contributed by atoms with Crippen LogP contribution >= 0.6 is 0 Å². The van der Waals surface area contributed by atoms with Crippen molar-refractivity contribution in [1.29, 1.82) is 0 Å². The topological polar surface area (TPSA) is 71.8 Å². The summed E-state index contributed by atoms with van der Waals surface area (Å²) in [7, 11) is 0. The van der Waals surface area contributed by atoms with E-state index in [9.17, 15) is 13.6 Å². The summed E-state index contributed by atoms with van der Waals surface area (Å²) in [6.07, 6.45) is 4.49. The molecular weight excluding hydrogens is 368 g/mol. The highest BCUT2D eigenvalue weighted by atomic mass is 19.1. The van der Waals surface area contributed by atoms with Gasteiger partial charge in [0.1, 0.15) is 11.6 Å². The third-order valence-corrected chi connectivity index (χ3v) is 4.66. The summed E-state index contributed by atoms with van der Waals surface area (Å²) in [5.41, 5.74) is 0.735. The zero-order valence-corrected chi connectivity index (χ0v) is 15.2. The van der Waals surface area contributed by atoms with Crippen molar-refractivity contribution >= 4 is 17.4 Å². The smallest absolute Gasteiger partial charge is 0.364 e. The summed E-state index contributed by atoms with van der Waals surface area (Å²) in [5, 5.41) is 8.75. The van der Waals surface area contributed by atoms with Gasteiger partial charge in [-0.15, -0.1) is 10.2 Å². The van der Waals surface area contributed by atoms with E-state index in [1.54, 1.807) is 18.5 Å².